The summed E-state index contributed by atoms with van der Waals surface area (Å²) in [7, 11) is 0. The molecule has 100 valence electrons. The van der Waals surface area contributed by atoms with E-state index in [1.54, 1.807) is 24.0 Å². The molecule has 4 nitrogen and oxygen atoms in total. The molecule has 5 heteroatoms. The molecule has 1 unspecified atom stereocenters. The molecule has 1 atom stereocenters. The van der Waals surface area contributed by atoms with Gasteiger partial charge in [-0.2, -0.15) is 0 Å². The first-order valence-corrected chi connectivity index (χ1v) is 6.69. The first-order chi connectivity index (χ1) is 8.58. The minimum Gasteiger partial charge on any atom is -0.481 e. The number of amides is 1. The Kier molecular flexibility index (Phi) is 6.15. The Morgan fingerprint density at radius 1 is 1.44 bits per heavy atom. The molecule has 0 spiro atoms. The Morgan fingerprint density at radius 2 is 2.06 bits per heavy atom. The van der Waals surface area contributed by atoms with Crippen molar-refractivity contribution >= 4 is 21.8 Å². The maximum Gasteiger partial charge on any atom is 0.263 e. The van der Waals surface area contributed by atoms with Crippen LogP contribution in [0.3, 0.4) is 0 Å². The summed E-state index contributed by atoms with van der Waals surface area (Å²) < 4.78 is 6.53. The molecule has 0 saturated carbocycles. The van der Waals surface area contributed by atoms with E-state index in [4.69, 9.17) is 9.84 Å². The minimum atomic E-state index is -0.558. The first kappa shape index (κ1) is 15.0. The van der Waals surface area contributed by atoms with E-state index < -0.39 is 6.10 Å². The molecule has 1 rings (SSSR count). The van der Waals surface area contributed by atoms with Crippen LogP contribution in [0.15, 0.2) is 28.7 Å². The molecule has 0 aromatic heterocycles. The molecule has 0 fully saturated rings. The van der Waals surface area contributed by atoms with E-state index in [1.807, 2.05) is 19.1 Å². The Morgan fingerprint density at radius 3 is 2.56 bits per heavy atom. The van der Waals surface area contributed by atoms with Crippen LogP contribution >= 0.6 is 15.9 Å². The second-order valence-electron chi connectivity index (χ2n) is 3.86. The Balaban J connectivity index is 2.61. The van der Waals surface area contributed by atoms with Crippen LogP contribution in [0.4, 0.5) is 0 Å². The van der Waals surface area contributed by atoms with Crippen LogP contribution in [-0.2, 0) is 4.79 Å². The molecule has 1 aromatic rings. The van der Waals surface area contributed by atoms with Gasteiger partial charge in [0.15, 0.2) is 6.10 Å². The van der Waals surface area contributed by atoms with Crippen molar-refractivity contribution in [3.05, 3.63) is 28.7 Å². The van der Waals surface area contributed by atoms with E-state index in [0.29, 0.717) is 18.8 Å². The summed E-state index contributed by atoms with van der Waals surface area (Å²) in [5, 5.41) is 8.88. The number of ether oxygens (including phenoxy) is 1. The standard InChI is InChI=1S/C13H18BrNO3/c1-3-15(8-9-16)13(17)10(2)18-12-6-4-11(14)5-7-12/h4-7,10,16H,3,8-9H2,1-2H3. The summed E-state index contributed by atoms with van der Waals surface area (Å²) in [4.78, 5) is 13.6. The molecule has 18 heavy (non-hydrogen) atoms. The number of rotatable bonds is 6. The van der Waals surface area contributed by atoms with Crippen LogP contribution < -0.4 is 4.74 Å². The lowest BCUT2D eigenvalue weighted by atomic mass is 10.3. The second-order valence-corrected chi connectivity index (χ2v) is 4.77. The molecular formula is C13H18BrNO3. The number of nitrogens with zero attached hydrogens (tertiary/aromatic N) is 1. The molecule has 0 aliphatic carbocycles. The van der Waals surface area contributed by atoms with Crippen molar-refractivity contribution < 1.29 is 14.6 Å². The van der Waals surface area contributed by atoms with Crippen molar-refractivity contribution in [2.75, 3.05) is 19.7 Å². The Labute approximate surface area is 116 Å². The zero-order valence-corrected chi connectivity index (χ0v) is 12.2. The molecule has 0 bridgehead atoms. The fourth-order valence-electron chi connectivity index (χ4n) is 1.57. The largest absolute Gasteiger partial charge is 0.481 e. The highest BCUT2D eigenvalue weighted by Crippen LogP contribution is 2.17. The van der Waals surface area contributed by atoms with Gasteiger partial charge in [-0.05, 0) is 38.1 Å². The predicted octanol–water partition coefficient (Wildman–Crippen LogP) is 2.06. The number of likely N-dealkylation sites (N-methyl/N-ethyl adjacent to an activating group) is 1. The molecule has 0 saturated heterocycles. The number of aliphatic hydroxyl groups is 1. The van der Waals surface area contributed by atoms with Crippen LogP contribution in [0.1, 0.15) is 13.8 Å². The lowest BCUT2D eigenvalue weighted by Crippen LogP contribution is -2.41. The smallest absolute Gasteiger partial charge is 0.263 e. The third-order valence-corrected chi connectivity index (χ3v) is 3.07. The van der Waals surface area contributed by atoms with Gasteiger partial charge in [0, 0.05) is 17.6 Å². The summed E-state index contributed by atoms with van der Waals surface area (Å²) >= 11 is 3.34. The average molecular weight is 316 g/mol. The number of carbonyl (C=O) groups excluding carboxylic acids is 1. The van der Waals surface area contributed by atoms with Crippen LogP contribution in [0.2, 0.25) is 0 Å². The maximum atomic E-state index is 12.0. The minimum absolute atomic E-state index is 0.0371. The third kappa shape index (κ3) is 4.31. The molecule has 0 aliphatic heterocycles. The molecule has 0 heterocycles. The summed E-state index contributed by atoms with van der Waals surface area (Å²) in [6.45, 7) is 4.45. The quantitative estimate of drug-likeness (QED) is 0.874. The van der Waals surface area contributed by atoms with Crippen molar-refractivity contribution in [1.29, 1.82) is 0 Å². The number of hydrogen-bond acceptors (Lipinski definition) is 3. The highest BCUT2D eigenvalue weighted by atomic mass is 79.9. The molecular weight excluding hydrogens is 298 g/mol. The van der Waals surface area contributed by atoms with Crippen molar-refractivity contribution in [3.63, 3.8) is 0 Å². The van der Waals surface area contributed by atoms with E-state index in [1.165, 1.54) is 0 Å². The lowest BCUT2D eigenvalue weighted by Gasteiger charge is -2.24. The third-order valence-electron chi connectivity index (χ3n) is 2.54. The molecule has 0 aliphatic rings. The number of hydrogen-bond donors (Lipinski definition) is 1. The Hall–Kier alpha value is -1.07. The molecule has 1 aromatic carbocycles. The van der Waals surface area contributed by atoms with E-state index in [-0.39, 0.29) is 12.5 Å². The fraction of sp³-hybridized carbons (Fsp3) is 0.462. The zero-order valence-electron chi connectivity index (χ0n) is 10.6. The topological polar surface area (TPSA) is 49.8 Å². The highest BCUT2D eigenvalue weighted by Gasteiger charge is 2.20. The van der Waals surface area contributed by atoms with Gasteiger partial charge in [-0.1, -0.05) is 15.9 Å². The highest BCUT2D eigenvalue weighted by molar-refractivity contribution is 9.10. The van der Waals surface area contributed by atoms with Gasteiger partial charge in [0.05, 0.1) is 6.61 Å². The van der Waals surface area contributed by atoms with Crippen molar-refractivity contribution in [1.82, 2.24) is 4.90 Å². The number of aliphatic hydroxyl groups excluding tert-OH is 1. The average Bonchev–Trinajstić information content (AvgIpc) is 2.37. The van der Waals surface area contributed by atoms with E-state index in [2.05, 4.69) is 15.9 Å². The lowest BCUT2D eigenvalue weighted by molar-refractivity contribution is -0.138. The van der Waals surface area contributed by atoms with Gasteiger partial charge in [-0.15, -0.1) is 0 Å². The fourth-order valence-corrected chi connectivity index (χ4v) is 1.83. The summed E-state index contributed by atoms with van der Waals surface area (Å²) in [6, 6.07) is 7.32. The second kappa shape index (κ2) is 7.38. The Bertz CT molecular complexity index is 380. The molecule has 0 radical (unpaired) electrons. The summed E-state index contributed by atoms with van der Waals surface area (Å²) in [5.41, 5.74) is 0. The SMILES string of the molecule is CCN(CCO)C(=O)C(C)Oc1ccc(Br)cc1. The van der Waals surface area contributed by atoms with E-state index in [0.717, 1.165) is 4.47 Å². The van der Waals surface area contributed by atoms with Crippen LogP contribution in [0, 0.1) is 0 Å². The van der Waals surface area contributed by atoms with Crippen LogP contribution in [-0.4, -0.2) is 41.7 Å². The number of benzene rings is 1. The van der Waals surface area contributed by atoms with Crippen LogP contribution in [0.25, 0.3) is 0 Å². The molecule has 1 N–H and O–H groups in total. The van der Waals surface area contributed by atoms with Crippen molar-refractivity contribution in [2.24, 2.45) is 0 Å². The van der Waals surface area contributed by atoms with Gasteiger partial charge >= 0.3 is 0 Å². The summed E-state index contributed by atoms with van der Waals surface area (Å²) in [6.07, 6.45) is -0.558. The summed E-state index contributed by atoms with van der Waals surface area (Å²) in [5.74, 6) is 0.536. The van der Waals surface area contributed by atoms with Gasteiger partial charge in [0.25, 0.3) is 5.91 Å². The van der Waals surface area contributed by atoms with Gasteiger partial charge < -0.3 is 14.7 Å². The van der Waals surface area contributed by atoms with Crippen LogP contribution in [0.5, 0.6) is 5.75 Å². The van der Waals surface area contributed by atoms with Crippen molar-refractivity contribution in [2.45, 2.75) is 20.0 Å². The van der Waals surface area contributed by atoms with E-state index >= 15 is 0 Å². The number of carbonyl (C=O) groups is 1. The van der Waals surface area contributed by atoms with Gasteiger partial charge in [-0.25, -0.2) is 0 Å². The monoisotopic (exact) mass is 315 g/mol. The van der Waals surface area contributed by atoms with Gasteiger partial charge in [0.2, 0.25) is 0 Å². The predicted molar refractivity (Wildman–Crippen MR) is 73.6 cm³/mol. The molecule has 1 amide bonds. The first-order valence-electron chi connectivity index (χ1n) is 5.90. The van der Waals surface area contributed by atoms with Gasteiger partial charge in [0.1, 0.15) is 5.75 Å². The zero-order chi connectivity index (χ0) is 13.5. The van der Waals surface area contributed by atoms with Gasteiger partial charge in [-0.3, -0.25) is 4.79 Å². The maximum absolute atomic E-state index is 12.0. The number of halogens is 1. The van der Waals surface area contributed by atoms with E-state index in [9.17, 15) is 4.79 Å². The normalized spacial score (nSPS) is 12.0. The van der Waals surface area contributed by atoms with Crippen molar-refractivity contribution in [3.8, 4) is 5.75 Å².